The second kappa shape index (κ2) is 8.43. The zero-order chi connectivity index (χ0) is 18.4. The monoisotopic (exact) mass is 359 g/mol. The Labute approximate surface area is 150 Å². The highest BCUT2D eigenvalue weighted by molar-refractivity contribution is 7.12. The molecule has 2 N–H and O–H groups in total. The van der Waals surface area contributed by atoms with Crippen molar-refractivity contribution in [2.24, 2.45) is 0 Å². The lowest BCUT2D eigenvalue weighted by atomic mass is 10.1. The average molecular weight is 359 g/mol. The Hall–Kier alpha value is -2.67. The van der Waals surface area contributed by atoms with E-state index in [2.05, 4.69) is 10.6 Å². The van der Waals surface area contributed by atoms with Crippen LogP contribution in [0, 0.1) is 0 Å². The maximum atomic E-state index is 12.5. The van der Waals surface area contributed by atoms with Gasteiger partial charge in [0.05, 0.1) is 11.4 Å². The molecule has 0 aliphatic heterocycles. The molecule has 2 aromatic rings. The normalized spacial score (nSPS) is 10.4. The molecule has 0 spiro atoms. The summed E-state index contributed by atoms with van der Waals surface area (Å²) in [6, 6.07) is 10.2. The highest BCUT2D eigenvalue weighted by Crippen LogP contribution is 2.15. The van der Waals surface area contributed by atoms with Crippen LogP contribution in [0.4, 0.5) is 5.69 Å². The Bertz CT molecular complexity index is 757. The number of carbonyl (C=O) groups excluding carboxylic acids is 3. The summed E-state index contributed by atoms with van der Waals surface area (Å²) in [5.41, 5.74) is 0.938. The van der Waals surface area contributed by atoms with Gasteiger partial charge in [0, 0.05) is 24.3 Å². The number of likely N-dealkylation sites (N-methyl/N-ethyl adjacent to an activating group) is 1. The van der Waals surface area contributed by atoms with Crippen molar-refractivity contribution in [3.63, 3.8) is 0 Å². The quantitative estimate of drug-likeness (QED) is 0.832. The topological polar surface area (TPSA) is 78.5 Å². The number of anilines is 1. The van der Waals surface area contributed by atoms with Crippen molar-refractivity contribution in [1.29, 1.82) is 0 Å². The number of hydrogen-bond acceptors (Lipinski definition) is 4. The summed E-state index contributed by atoms with van der Waals surface area (Å²) in [7, 11) is 1.57. The Balaban J connectivity index is 2.03. The van der Waals surface area contributed by atoms with Gasteiger partial charge in [0.1, 0.15) is 0 Å². The molecule has 0 aliphatic rings. The van der Waals surface area contributed by atoms with Crippen LogP contribution in [0.2, 0.25) is 0 Å². The summed E-state index contributed by atoms with van der Waals surface area (Å²) in [4.78, 5) is 38.3. The van der Waals surface area contributed by atoms with Gasteiger partial charge in [-0.25, -0.2) is 0 Å². The number of hydrogen-bond donors (Lipinski definition) is 2. The number of benzene rings is 1. The molecule has 7 heteroatoms. The first-order chi connectivity index (χ1) is 11.9. The molecule has 0 bridgehead atoms. The molecular weight excluding hydrogens is 338 g/mol. The first-order valence-electron chi connectivity index (χ1n) is 7.86. The van der Waals surface area contributed by atoms with Gasteiger partial charge in [0.2, 0.25) is 5.91 Å². The molecule has 6 nitrogen and oxygen atoms in total. The molecule has 0 unspecified atom stereocenters. The minimum Gasteiger partial charge on any atom is -0.352 e. The van der Waals surface area contributed by atoms with Crippen molar-refractivity contribution in [1.82, 2.24) is 10.2 Å². The molecule has 2 rings (SSSR count). The molecule has 0 aliphatic carbocycles. The van der Waals surface area contributed by atoms with Gasteiger partial charge in [0.25, 0.3) is 11.8 Å². The Morgan fingerprint density at radius 1 is 1.16 bits per heavy atom. The van der Waals surface area contributed by atoms with Crippen LogP contribution in [0.1, 0.15) is 33.9 Å². The van der Waals surface area contributed by atoms with Gasteiger partial charge >= 0.3 is 0 Å². The molecule has 0 atom stereocenters. The van der Waals surface area contributed by atoms with E-state index in [1.54, 1.807) is 43.4 Å². The number of nitrogens with zero attached hydrogens (tertiary/aromatic N) is 1. The van der Waals surface area contributed by atoms with Gasteiger partial charge in [-0.15, -0.1) is 11.3 Å². The van der Waals surface area contributed by atoms with Crippen LogP contribution in [0.25, 0.3) is 0 Å². The van der Waals surface area contributed by atoms with Gasteiger partial charge in [0.15, 0.2) is 0 Å². The SMILES string of the molecule is CC(C)NC(=O)CN(C)C(=O)c1cccc(NC(=O)c2cccs2)c1. The largest absolute Gasteiger partial charge is 0.352 e. The smallest absolute Gasteiger partial charge is 0.265 e. The van der Waals surface area contributed by atoms with Crippen LogP contribution in [-0.2, 0) is 4.79 Å². The fourth-order valence-corrected chi connectivity index (χ4v) is 2.82. The lowest BCUT2D eigenvalue weighted by molar-refractivity contribution is -0.122. The number of nitrogens with one attached hydrogen (secondary N) is 2. The highest BCUT2D eigenvalue weighted by Gasteiger charge is 2.16. The van der Waals surface area contributed by atoms with Crippen molar-refractivity contribution in [3.05, 3.63) is 52.2 Å². The zero-order valence-electron chi connectivity index (χ0n) is 14.4. The van der Waals surface area contributed by atoms with Crippen LogP contribution in [0.3, 0.4) is 0 Å². The third-order valence-corrected chi connectivity index (χ3v) is 4.16. The van der Waals surface area contributed by atoms with Crippen LogP contribution in [0.15, 0.2) is 41.8 Å². The Morgan fingerprint density at radius 3 is 2.56 bits per heavy atom. The fraction of sp³-hybridized carbons (Fsp3) is 0.278. The van der Waals surface area contributed by atoms with Crippen LogP contribution in [0.5, 0.6) is 0 Å². The van der Waals surface area contributed by atoms with E-state index in [4.69, 9.17) is 0 Å². The maximum Gasteiger partial charge on any atom is 0.265 e. The van der Waals surface area contributed by atoms with E-state index >= 15 is 0 Å². The Kier molecular flexibility index (Phi) is 6.30. The van der Waals surface area contributed by atoms with Gasteiger partial charge in [-0.3, -0.25) is 14.4 Å². The van der Waals surface area contributed by atoms with Crippen LogP contribution < -0.4 is 10.6 Å². The lowest BCUT2D eigenvalue weighted by Crippen LogP contribution is -2.40. The summed E-state index contributed by atoms with van der Waals surface area (Å²) in [5.74, 6) is -0.719. The first kappa shape index (κ1) is 18.7. The molecule has 132 valence electrons. The van der Waals surface area contributed by atoms with E-state index in [-0.39, 0.29) is 30.3 Å². The molecule has 3 amide bonds. The Morgan fingerprint density at radius 2 is 1.92 bits per heavy atom. The molecule has 0 radical (unpaired) electrons. The first-order valence-corrected chi connectivity index (χ1v) is 8.74. The standard InChI is InChI=1S/C18H21N3O3S/c1-12(2)19-16(22)11-21(3)18(24)13-6-4-7-14(10-13)20-17(23)15-8-5-9-25-15/h4-10,12H,11H2,1-3H3,(H,19,22)(H,20,23). The molecule has 0 fully saturated rings. The second-order valence-electron chi connectivity index (χ2n) is 5.90. The predicted octanol–water partition coefficient (Wildman–Crippen LogP) is 2.60. The number of thiophene rings is 1. The van der Waals surface area contributed by atoms with E-state index in [0.29, 0.717) is 16.1 Å². The average Bonchev–Trinajstić information content (AvgIpc) is 3.08. The molecule has 1 aromatic heterocycles. The third-order valence-electron chi connectivity index (χ3n) is 3.29. The summed E-state index contributed by atoms with van der Waals surface area (Å²) in [6.45, 7) is 3.70. The lowest BCUT2D eigenvalue weighted by Gasteiger charge is -2.18. The summed E-state index contributed by atoms with van der Waals surface area (Å²) in [6.07, 6.45) is 0. The minimum atomic E-state index is -0.286. The van der Waals surface area contributed by atoms with Crippen molar-refractivity contribution in [2.45, 2.75) is 19.9 Å². The molecule has 25 heavy (non-hydrogen) atoms. The van der Waals surface area contributed by atoms with Gasteiger partial charge in [-0.05, 0) is 43.5 Å². The van der Waals surface area contributed by atoms with Gasteiger partial charge in [-0.1, -0.05) is 12.1 Å². The summed E-state index contributed by atoms with van der Waals surface area (Å²) >= 11 is 1.35. The van der Waals surface area contributed by atoms with E-state index in [1.165, 1.54) is 16.2 Å². The van der Waals surface area contributed by atoms with Gasteiger partial charge in [-0.2, -0.15) is 0 Å². The molecule has 0 saturated heterocycles. The fourth-order valence-electron chi connectivity index (χ4n) is 2.21. The summed E-state index contributed by atoms with van der Waals surface area (Å²) in [5, 5.41) is 7.34. The molecule has 1 aromatic carbocycles. The number of rotatable bonds is 6. The van der Waals surface area contributed by atoms with E-state index < -0.39 is 0 Å². The molecule has 0 saturated carbocycles. The zero-order valence-corrected chi connectivity index (χ0v) is 15.2. The minimum absolute atomic E-state index is 0.0202. The number of carbonyl (C=O) groups is 3. The van der Waals surface area contributed by atoms with E-state index in [1.807, 2.05) is 19.2 Å². The highest BCUT2D eigenvalue weighted by atomic mass is 32.1. The van der Waals surface area contributed by atoms with Crippen LogP contribution in [-0.4, -0.2) is 42.3 Å². The number of amides is 3. The molecular formula is C18H21N3O3S. The van der Waals surface area contributed by atoms with Crippen molar-refractivity contribution >= 4 is 34.7 Å². The van der Waals surface area contributed by atoms with E-state index in [0.717, 1.165) is 0 Å². The van der Waals surface area contributed by atoms with Crippen molar-refractivity contribution < 1.29 is 14.4 Å². The summed E-state index contributed by atoms with van der Waals surface area (Å²) < 4.78 is 0. The van der Waals surface area contributed by atoms with Gasteiger partial charge < -0.3 is 15.5 Å². The van der Waals surface area contributed by atoms with Crippen molar-refractivity contribution in [2.75, 3.05) is 18.9 Å². The second-order valence-corrected chi connectivity index (χ2v) is 6.84. The van der Waals surface area contributed by atoms with Crippen LogP contribution >= 0.6 is 11.3 Å². The maximum absolute atomic E-state index is 12.5. The predicted molar refractivity (Wildman–Crippen MR) is 99.0 cm³/mol. The molecule has 1 heterocycles. The third kappa shape index (κ3) is 5.42. The van der Waals surface area contributed by atoms with Crippen molar-refractivity contribution in [3.8, 4) is 0 Å². The van der Waals surface area contributed by atoms with E-state index in [9.17, 15) is 14.4 Å².